The summed E-state index contributed by atoms with van der Waals surface area (Å²) in [5, 5.41) is 5.40. The van der Waals surface area contributed by atoms with E-state index < -0.39 is 14.4 Å². The van der Waals surface area contributed by atoms with Crippen molar-refractivity contribution in [2.75, 3.05) is 0 Å². The molecule has 0 radical (unpaired) electrons. The Morgan fingerprint density at radius 3 is 2.16 bits per heavy atom. The molecule has 0 spiro atoms. The van der Waals surface area contributed by atoms with Crippen LogP contribution in [0.4, 0.5) is 0 Å². The Balaban J connectivity index is 0.00000221. The fraction of sp³-hybridized carbons (Fsp3) is 0.436. The molecule has 6 rings (SSSR count). The Kier molecular flexibility index (Phi) is 9.31. The van der Waals surface area contributed by atoms with Crippen molar-refractivity contribution in [1.82, 2.24) is 0 Å². The molecule has 0 amide bonds. The van der Waals surface area contributed by atoms with Gasteiger partial charge >= 0.3 is 258 Å². The maximum absolute atomic E-state index is 7.73. The van der Waals surface area contributed by atoms with Crippen LogP contribution in [0.3, 0.4) is 0 Å². The minimum Gasteiger partial charge on any atom is -0.147 e. The predicted molar refractivity (Wildman–Crippen MR) is 196 cm³/mol. The molecule has 3 aromatic carbocycles. The SMILES string of the molecule is C[CH2][Ti](=[SiH2])([CH2]C)([O]c1ccc2ccccc2c1)[CH]1C2=CC(C)(C)CCC2=C2C1=c1cc(C(C)(C)C)ccc1=CC2(C)C.Cl.Cl. The first-order chi connectivity index (χ1) is 19.6. The van der Waals surface area contributed by atoms with Gasteiger partial charge in [0.15, 0.2) is 0 Å². The minimum absolute atomic E-state index is 0. The fourth-order valence-corrected chi connectivity index (χ4v) is 17.8. The number of fused-ring (bicyclic) bond motifs is 4. The Morgan fingerprint density at radius 1 is 0.864 bits per heavy atom. The second-order valence-corrected chi connectivity index (χ2v) is 32.3. The maximum atomic E-state index is 7.73. The van der Waals surface area contributed by atoms with Gasteiger partial charge in [0.25, 0.3) is 0 Å². The first kappa shape index (κ1) is 35.3. The molecular weight excluding hydrogens is 631 g/mol. The third kappa shape index (κ3) is 5.66. The van der Waals surface area contributed by atoms with E-state index in [9.17, 15) is 0 Å². The molecule has 0 N–H and O–H groups in total. The monoisotopic (exact) mass is 682 g/mol. The third-order valence-electron chi connectivity index (χ3n) is 11.0. The zero-order valence-electron chi connectivity index (χ0n) is 28.3. The molecule has 44 heavy (non-hydrogen) atoms. The predicted octanol–water partition coefficient (Wildman–Crippen LogP) is 9.91. The summed E-state index contributed by atoms with van der Waals surface area (Å²) in [6, 6.07) is 22.8. The second-order valence-electron chi connectivity index (χ2n) is 15.9. The van der Waals surface area contributed by atoms with E-state index >= 15 is 0 Å². The van der Waals surface area contributed by atoms with E-state index in [1.165, 1.54) is 33.2 Å². The van der Waals surface area contributed by atoms with Gasteiger partial charge in [0.05, 0.1) is 0 Å². The van der Waals surface area contributed by atoms with Gasteiger partial charge in [-0.05, 0) is 0 Å². The van der Waals surface area contributed by atoms with Crippen LogP contribution in [0, 0.1) is 10.8 Å². The first-order valence-corrected chi connectivity index (χ1v) is 23.9. The molecule has 3 aromatic rings. The van der Waals surface area contributed by atoms with Crippen LogP contribution in [-0.4, -0.2) is 7.63 Å². The van der Waals surface area contributed by atoms with Crippen LogP contribution in [0.1, 0.15) is 80.7 Å². The maximum Gasteiger partial charge on any atom is -0.147 e. The Morgan fingerprint density at radius 2 is 1.52 bits per heavy atom. The summed E-state index contributed by atoms with van der Waals surface area (Å²) >= 11 is -3.81. The molecule has 0 heterocycles. The summed E-state index contributed by atoms with van der Waals surface area (Å²) in [6.07, 6.45) is 7.61. The molecule has 236 valence electrons. The average molecular weight is 684 g/mol. The summed E-state index contributed by atoms with van der Waals surface area (Å²) in [6.45, 7) is 21.7. The Labute approximate surface area is 281 Å². The van der Waals surface area contributed by atoms with Crippen molar-refractivity contribution in [3.63, 3.8) is 0 Å². The van der Waals surface area contributed by atoms with Crippen LogP contribution in [0.2, 0.25) is 13.7 Å². The molecule has 0 aliphatic heterocycles. The number of hydrogen-bond acceptors (Lipinski definition) is 1. The zero-order valence-corrected chi connectivity index (χ0v) is 32.9. The number of allylic oxidation sites excluding steroid dienone is 4. The van der Waals surface area contributed by atoms with Gasteiger partial charge in [-0.2, -0.15) is 0 Å². The smallest absolute Gasteiger partial charge is 0.147 e. The van der Waals surface area contributed by atoms with Crippen molar-refractivity contribution in [3.8, 4) is 5.75 Å². The second kappa shape index (κ2) is 11.6. The Bertz CT molecular complexity index is 1880. The molecule has 3 aliphatic carbocycles. The topological polar surface area (TPSA) is 9.23 Å². The van der Waals surface area contributed by atoms with E-state index in [1.807, 2.05) is 0 Å². The van der Waals surface area contributed by atoms with Gasteiger partial charge < -0.3 is 0 Å². The molecule has 0 saturated heterocycles. The number of benzene rings is 3. The average Bonchev–Trinajstić information content (AvgIpc) is 3.28. The van der Waals surface area contributed by atoms with Crippen molar-refractivity contribution < 1.29 is 17.7 Å². The summed E-state index contributed by atoms with van der Waals surface area (Å²) in [7, 11) is 2.32. The molecule has 3 aliphatic rings. The van der Waals surface area contributed by atoms with Gasteiger partial charge in [-0.3, -0.25) is 0 Å². The van der Waals surface area contributed by atoms with E-state index in [2.05, 4.69) is 143 Å². The van der Waals surface area contributed by atoms with Crippen LogP contribution >= 0.6 is 24.8 Å². The molecule has 5 heteroatoms. The van der Waals surface area contributed by atoms with E-state index in [0.29, 0.717) is 4.22 Å². The zero-order chi connectivity index (χ0) is 30.3. The quantitative estimate of drug-likeness (QED) is 0.244. The van der Waals surface area contributed by atoms with Crippen LogP contribution in [0.25, 0.3) is 22.4 Å². The van der Waals surface area contributed by atoms with Crippen LogP contribution < -0.4 is 13.8 Å². The molecule has 1 unspecified atom stereocenters. The van der Waals surface area contributed by atoms with Crippen LogP contribution in [0.15, 0.2) is 83.5 Å². The molecule has 0 bridgehead atoms. The van der Waals surface area contributed by atoms with Gasteiger partial charge in [-0.25, -0.2) is 0 Å². The fourth-order valence-electron chi connectivity index (χ4n) is 8.20. The minimum atomic E-state index is -3.81. The van der Waals surface area contributed by atoms with Gasteiger partial charge in [0, 0.05) is 0 Å². The molecule has 1 atom stereocenters. The summed E-state index contributed by atoms with van der Waals surface area (Å²) in [5.74, 6) is 1.06. The largest absolute Gasteiger partial charge is 0.147 e. The first-order valence-electron chi connectivity index (χ1n) is 16.2. The van der Waals surface area contributed by atoms with Crippen molar-refractivity contribution in [1.29, 1.82) is 0 Å². The van der Waals surface area contributed by atoms with E-state index in [0.717, 1.165) is 21.6 Å². The summed E-state index contributed by atoms with van der Waals surface area (Å²) in [5.41, 5.74) is 8.15. The number of rotatable bonds is 5. The van der Waals surface area contributed by atoms with Crippen LogP contribution in [0.5, 0.6) is 5.75 Å². The van der Waals surface area contributed by atoms with Crippen molar-refractivity contribution in [2.24, 2.45) is 10.8 Å². The standard InChI is InChI=1S/C25H31.C10H8O.2C2H5.2ClH.H2Si.Ti/c1-23(2,3)18-9-8-16-15-25(6,7)22-19-10-11-24(4,5)14-17(19)12-21(22)20(16)13-18;11-10-6-5-8-3-1-2-4-9(8)7-10;2*1-2;;;;/h8-9,12-15H,10-11H2,1-7H3;1-7,11H;2*1H2,2H3;2*1H;1H2;/q;;;;;;;+1/p-1. The van der Waals surface area contributed by atoms with Gasteiger partial charge in [0.2, 0.25) is 0 Å². The summed E-state index contributed by atoms with van der Waals surface area (Å²) in [4.78, 5) is 0. The van der Waals surface area contributed by atoms with E-state index in [-0.39, 0.29) is 41.1 Å². The molecular formula is C39H52Cl2OSiTi. The van der Waals surface area contributed by atoms with Crippen molar-refractivity contribution in [3.05, 3.63) is 99.5 Å². The Hall–Kier alpha value is -1.55. The normalized spacial score (nSPS) is 20.4. The van der Waals surface area contributed by atoms with Gasteiger partial charge in [0.1, 0.15) is 0 Å². The molecule has 0 saturated carbocycles. The third-order valence-corrected chi connectivity index (χ3v) is 27.1. The van der Waals surface area contributed by atoms with Gasteiger partial charge in [-0.1, -0.05) is 0 Å². The van der Waals surface area contributed by atoms with Crippen molar-refractivity contribution in [2.45, 2.75) is 94.2 Å². The van der Waals surface area contributed by atoms with Crippen molar-refractivity contribution >= 4 is 54.9 Å². The molecule has 0 aromatic heterocycles. The van der Waals surface area contributed by atoms with E-state index in [4.69, 9.17) is 3.32 Å². The van der Waals surface area contributed by atoms with E-state index in [1.54, 1.807) is 22.3 Å². The molecule has 0 fully saturated rings. The molecule has 1 nitrogen and oxygen atoms in total. The van der Waals surface area contributed by atoms with Gasteiger partial charge in [-0.15, -0.1) is 24.8 Å². The number of halogens is 2. The van der Waals surface area contributed by atoms with Crippen LogP contribution in [-0.2, 0) is 19.8 Å². The summed E-state index contributed by atoms with van der Waals surface area (Å²) < 4.78 is 10.3. The number of hydrogen-bond donors (Lipinski definition) is 0.